The fourth-order valence-corrected chi connectivity index (χ4v) is 4.98. The van der Waals surface area contributed by atoms with Crippen molar-refractivity contribution in [3.05, 3.63) is 96.1 Å². The lowest BCUT2D eigenvalue weighted by atomic mass is 9.90. The number of para-hydroxylation sites is 2. The lowest BCUT2D eigenvalue weighted by molar-refractivity contribution is -0.0122. The summed E-state index contributed by atoms with van der Waals surface area (Å²) in [5.74, 6) is 0.907. The Morgan fingerprint density at radius 1 is 0.943 bits per heavy atom. The molecule has 0 amide bonds. The zero-order valence-corrected chi connectivity index (χ0v) is 21.1. The van der Waals surface area contributed by atoms with Crippen molar-refractivity contribution in [2.24, 2.45) is 0 Å². The minimum Gasteiger partial charge on any atom is -0.484 e. The highest BCUT2D eigenvalue weighted by Gasteiger charge is 2.34. The van der Waals surface area contributed by atoms with Crippen molar-refractivity contribution < 1.29 is 9.84 Å². The van der Waals surface area contributed by atoms with Crippen LogP contribution in [0.25, 0.3) is 0 Å². The van der Waals surface area contributed by atoms with Crippen molar-refractivity contribution in [1.82, 2.24) is 10.2 Å². The van der Waals surface area contributed by atoms with Gasteiger partial charge >= 0.3 is 0 Å². The lowest BCUT2D eigenvalue weighted by Gasteiger charge is -2.41. The van der Waals surface area contributed by atoms with Gasteiger partial charge in [-0.2, -0.15) is 0 Å². The van der Waals surface area contributed by atoms with Gasteiger partial charge in [0, 0.05) is 32.6 Å². The molecule has 1 aliphatic rings. The summed E-state index contributed by atoms with van der Waals surface area (Å²) in [4.78, 5) is 4.59. The van der Waals surface area contributed by atoms with E-state index in [4.69, 9.17) is 4.74 Å². The molecule has 5 nitrogen and oxygen atoms in total. The second kappa shape index (κ2) is 12.2. The fourth-order valence-electron chi connectivity index (χ4n) is 4.98. The van der Waals surface area contributed by atoms with E-state index in [9.17, 15) is 5.11 Å². The van der Waals surface area contributed by atoms with Gasteiger partial charge in [0.25, 0.3) is 0 Å². The van der Waals surface area contributed by atoms with E-state index in [0.29, 0.717) is 6.54 Å². The molecule has 1 unspecified atom stereocenters. The molecule has 1 heterocycles. The molecule has 5 heteroatoms. The molecule has 0 spiro atoms. The molecule has 186 valence electrons. The highest BCUT2D eigenvalue weighted by molar-refractivity contribution is 5.59. The molecule has 4 rings (SSSR count). The predicted octanol–water partition coefficient (Wildman–Crippen LogP) is 4.88. The van der Waals surface area contributed by atoms with Gasteiger partial charge in [0.2, 0.25) is 0 Å². The summed E-state index contributed by atoms with van der Waals surface area (Å²) in [6, 6.07) is 29.2. The van der Waals surface area contributed by atoms with Crippen LogP contribution in [-0.2, 0) is 6.54 Å². The number of piperidine rings is 1. The second-order valence-corrected chi connectivity index (χ2v) is 9.75. The van der Waals surface area contributed by atoms with E-state index in [-0.39, 0.29) is 6.10 Å². The van der Waals surface area contributed by atoms with Gasteiger partial charge < -0.3 is 20.1 Å². The van der Waals surface area contributed by atoms with E-state index in [1.54, 1.807) is 0 Å². The minimum atomic E-state index is -0.671. The standard InChI is InChI=1S/C30H39N3O2/c1-31-20-17-28(26-13-7-4-8-14-26)35-29-16-10-9-15-27(29)33-21-18-30(34,19-22-33)24-32(2)23-25-11-5-3-6-12-25/h3-16,28,31,34H,17-24H2,1-2H3. The zero-order chi connectivity index (χ0) is 24.5. The predicted molar refractivity (Wildman–Crippen MR) is 144 cm³/mol. The molecule has 0 radical (unpaired) electrons. The number of nitrogens with one attached hydrogen (secondary N) is 1. The Labute approximate surface area is 210 Å². The summed E-state index contributed by atoms with van der Waals surface area (Å²) in [5.41, 5.74) is 2.90. The smallest absolute Gasteiger partial charge is 0.143 e. The first-order valence-electron chi connectivity index (χ1n) is 12.7. The van der Waals surface area contributed by atoms with Gasteiger partial charge in [-0.05, 0) is 56.7 Å². The Hall–Kier alpha value is -2.86. The van der Waals surface area contributed by atoms with Gasteiger partial charge in [-0.25, -0.2) is 0 Å². The zero-order valence-electron chi connectivity index (χ0n) is 21.1. The van der Waals surface area contributed by atoms with Crippen LogP contribution >= 0.6 is 0 Å². The van der Waals surface area contributed by atoms with Crippen LogP contribution in [0.4, 0.5) is 5.69 Å². The maximum absolute atomic E-state index is 11.3. The van der Waals surface area contributed by atoms with Crippen molar-refractivity contribution in [3.8, 4) is 5.75 Å². The van der Waals surface area contributed by atoms with Gasteiger partial charge in [-0.3, -0.25) is 4.90 Å². The number of likely N-dealkylation sites (N-methyl/N-ethyl adjacent to an activating group) is 1. The molecule has 0 saturated carbocycles. The normalized spacial score (nSPS) is 16.3. The molecule has 35 heavy (non-hydrogen) atoms. The summed E-state index contributed by atoms with van der Waals surface area (Å²) >= 11 is 0. The molecule has 1 fully saturated rings. The molecular formula is C30H39N3O2. The molecule has 3 aromatic carbocycles. The van der Waals surface area contributed by atoms with Gasteiger partial charge in [0.1, 0.15) is 11.9 Å². The molecule has 1 saturated heterocycles. The molecule has 3 aromatic rings. The quantitative estimate of drug-likeness (QED) is 0.416. The van der Waals surface area contributed by atoms with Crippen LogP contribution in [0.3, 0.4) is 0 Å². The number of hydrogen-bond donors (Lipinski definition) is 2. The SMILES string of the molecule is CNCCC(Oc1ccccc1N1CCC(O)(CN(C)Cc2ccccc2)CC1)c1ccccc1. The number of rotatable bonds is 11. The van der Waals surface area contributed by atoms with Gasteiger partial charge in [0.15, 0.2) is 0 Å². The Kier molecular flexibility index (Phi) is 8.80. The van der Waals surface area contributed by atoms with E-state index >= 15 is 0 Å². The van der Waals surface area contributed by atoms with Crippen LogP contribution in [0.1, 0.15) is 36.5 Å². The highest BCUT2D eigenvalue weighted by Crippen LogP contribution is 2.36. The third-order valence-corrected chi connectivity index (χ3v) is 6.86. The average molecular weight is 474 g/mol. The highest BCUT2D eigenvalue weighted by atomic mass is 16.5. The maximum atomic E-state index is 11.3. The molecule has 0 bridgehead atoms. The van der Waals surface area contributed by atoms with Crippen molar-refractivity contribution in [2.75, 3.05) is 45.2 Å². The van der Waals surface area contributed by atoms with E-state index < -0.39 is 5.60 Å². The average Bonchev–Trinajstić information content (AvgIpc) is 2.88. The molecule has 2 N–H and O–H groups in total. The topological polar surface area (TPSA) is 48.0 Å². The summed E-state index contributed by atoms with van der Waals surface area (Å²) in [6.45, 7) is 4.02. The Bertz CT molecular complexity index is 1020. The fraction of sp³-hybridized carbons (Fsp3) is 0.400. The molecule has 0 aliphatic carbocycles. The number of anilines is 1. The largest absolute Gasteiger partial charge is 0.484 e. The summed E-state index contributed by atoms with van der Waals surface area (Å²) in [5, 5.41) is 14.6. The number of nitrogens with zero attached hydrogens (tertiary/aromatic N) is 2. The van der Waals surface area contributed by atoms with Crippen LogP contribution in [0.5, 0.6) is 5.75 Å². The monoisotopic (exact) mass is 473 g/mol. The number of benzene rings is 3. The number of aliphatic hydroxyl groups is 1. The van der Waals surface area contributed by atoms with E-state index in [2.05, 4.69) is 88.9 Å². The van der Waals surface area contributed by atoms with Gasteiger partial charge in [-0.1, -0.05) is 72.8 Å². The van der Waals surface area contributed by atoms with Crippen molar-refractivity contribution in [2.45, 2.75) is 37.5 Å². The first kappa shape index (κ1) is 25.2. The Balaban J connectivity index is 1.40. The Morgan fingerprint density at radius 3 is 2.26 bits per heavy atom. The molecule has 1 aliphatic heterocycles. The number of hydrogen-bond acceptors (Lipinski definition) is 5. The first-order chi connectivity index (χ1) is 17.1. The van der Waals surface area contributed by atoms with Crippen LogP contribution in [0.15, 0.2) is 84.9 Å². The van der Waals surface area contributed by atoms with Crippen LogP contribution in [0, 0.1) is 0 Å². The van der Waals surface area contributed by atoms with E-state index in [0.717, 1.165) is 56.9 Å². The lowest BCUT2D eigenvalue weighted by Crippen LogP contribution is -2.50. The van der Waals surface area contributed by atoms with E-state index in [1.807, 2.05) is 25.2 Å². The van der Waals surface area contributed by atoms with Gasteiger partial charge in [0.05, 0.1) is 11.3 Å². The van der Waals surface area contributed by atoms with E-state index in [1.165, 1.54) is 11.1 Å². The van der Waals surface area contributed by atoms with Crippen LogP contribution in [-0.4, -0.2) is 55.9 Å². The second-order valence-electron chi connectivity index (χ2n) is 9.75. The van der Waals surface area contributed by atoms with Gasteiger partial charge in [-0.15, -0.1) is 0 Å². The van der Waals surface area contributed by atoms with Crippen LogP contribution in [0.2, 0.25) is 0 Å². The third kappa shape index (κ3) is 7.07. The summed E-state index contributed by atoms with van der Waals surface area (Å²) < 4.78 is 6.62. The molecule has 0 aromatic heterocycles. The van der Waals surface area contributed by atoms with Crippen molar-refractivity contribution in [3.63, 3.8) is 0 Å². The summed E-state index contributed by atoms with van der Waals surface area (Å²) in [7, 11) is 4.07. The van der Waals surface area contributed by atoms with Crippen LogP contribution < -0.4 is 15.0 Å². The third-order valence-electron chi connectivity index (χ3n) is 6.86. The molecule has 1 atom stereocenters. The molecular weight excluding hydrogens is 434 g/mol. The Morgan fingerprint density at radius 2 is 1.57 bits per heavy atom. The van der Waals surface area contributed by atoms with Crippen molar-refractivity contribution >= 4 is 5.69 Å². The maximum Gasteiger partial charge on any atom is 0.143 e. The first-order valence-corrected chi connectivity index (χ1v) is 12.7. The summed E-state index contributed by atoms with van der Waals surface area (Å²) in [6.07, 6.45) is 2.35. The van der Waals surface area contributed by atoms with Crippen molar-refractivity contribution in [1.29, 1.82) is 0 Å². The number of ether oxygens (including phenoxy) is 1. The minimum absolute atomic E-state index is 0.0156.